The Morgan fingerprint density at radius 1 is 1.15 bits per heavy atom. The van der Waals surface area contributed by atoms with Gasteiger partial charge in [0.1, 0.15) is 5.82 Å². The Hall–Kier alpha value is -3.06. The number of nitrogens with zero attached hydrogens (tertiary/aromatic N) is 3. The van der Waals surface area contributed by atoms with Gasteiger partial charge in [0.05, 0.1) is 24.5 Å². The van der Waals surface area contributed by atoms with Gasteiger partial charge < -0.3 is 15.0 Å². The Balaban J connectivity index is 1.80. The molecule has 27 heavy (non-hydrogen) atoms. The number of aryl methyl sites for hydroxylation is 1. The lowest BCUT2D eigenvalue weighted by atomic mass is 10.1. The van der Waals surface area contributed by atoms with E-state index in [1.165, 1.54) is 12.1 Å². The van der Waals surface area contributed by atoms with Crippen molar-refractivity contribution in [2.75, 3.05) is 31.6 Å². The number of amides is 1. The Morgan fingerprint density at radius 3 is 2.63 bits per heavy atom. The molecular weight excluding hydrogens is 347 g/mol. The predicted octanol–water partition coefficient (Wildman–Crippen LogP) is 3.29. The van der Waals surface area contributed by atoms with E-state index in [2.05, 4.69) is 15.3 Å². The zero-order chi connectivity index (χ0) is 18.8. The number of ether oxygens (including phenoxy) is 1. The second kappa shape index (κ2) is 7.28. The van der Waals surface area contributed by atoms with Crippen molar-refractivity contribution in [3.8, 4) is 0 Å². The van der Waals surface area contributed by atoms with E-state index in [4.69, 9.17) is 4.74 Å². The molecule has 1 aliphatic rings. The summed E-state index contributed by atoms with van der Waals surface area (Å²) in [6.45, 7) is 4.02. The van der Waals surface area contributed by atoms with Crippen LogP contribution in [0.3, 0.4) is 0 Å². The highest BCUT2D eigenvalue weighted by Crippen LogP contribution is 2.30. The van der Waals surface area contributed by atoms with Crippen LogP contribution in [0.4, 0.5) is 15.8 Å². The van der Waals surface area contributed by atoms with Crippen LogP contribution in [0.25, 0.3) is 11.0 Å². The molecule has 7 heteroatoms. The first-order chi connectivity index (χ1) is 13.1. The number of morpholine rings is 1. The topological polar surface area (TPSA) is 67.4 Å². The summed E-state index contributed by atoms with van der Waals surface area (Å²) in [6.07, 6.45) is 1.55. The molecule has 4 rings (SSSR count). The van der Waals surface area contributed by atoms with Crippen LogP contribution in [0.1, 0.15) is 16.1 Å². The number of aromatic nitrogens is 2. The van der Waals surface area contributed by atoms with Gasteiger partial charge in [-0.3, -0.25) is 4.79 Å². The number of fused-ring (bicyclic) bond motifs is 1. The van der Waals surface area contributed by atoms with E-state index < -0.39 is 0 Å². The molecule has 0 spiro atoms. The van der Waals surface area contributed by atoms with Crippen molar-refractivity contribution in [2.24, 2.45) is 0 Å². The molecule has 1 saturated heterocycles. The lowest BCUT2D eigenvalue weighted by Gasteiger charge is -2.27. The highest BCUT2D eigenvalue weighted by atomic mass is 19.1. The number of hydrogen-bond donors (Lipinski definition) is 1. The summed E-state index contributed by atoms with van der Waals surface area (Å²) in [5, 5.41) is 4.00. The minimum absolute atomic E-state index is 0.113. The lowest BCUT2D eigenvalue weighted by Crippen LogP contribution is -2.41. The molecule has 0 atom stereocenters. The molecule has 1 N–H and O–H groups in total. The van der Waals surface area contributed by atoms with E-state index in [1.807, 2.05) is 19.1 Å². The fraction of sp³-hybridized carbons (Fsp3) is 0.250. The van der Waals surface area contributed by atoms with Crippen LogP contribution < -0.4 is 5.32 Å². The van der Waals surface area contributed by atoms with Gasteiger partial charge in [-0.05, 0) is 43.3 Å². The van der Waals surface area contributed by atoms with Crippen LogP contribution in [0.2, 0.25) is 0 Å². The van der Waals surface area contributed by atoms with E-state index in [-0.39, 0.29) is 11.7 Å². The van der Waals surface area contributed by atoms with Crippen molar-refractivity contribution in [2.45, 2.75) is 6.92 Å². The standard InChI is InChI=1S/C20H19FN4O2/c1-13-2-7-16-18(24-15-5-3-14(21)4-6-15)17(12-22-19(16)23-13)20(26)25-8-10-27-11-9-25/h2-7,12H,8-11H2,1H3,(H,22,23,24). The quantitative estimate of drug-likeness (QED) is 0.770. The second-order valence-electron chi connectivity index (χ2n) is 6.41. The van der Waals surface area contributed by atoms with E-state index >= 15 is 0 Å². The molecule has 0 radical (unpaired) electrons. The van der Waals surface area contributed by atoms with Crippen LogP contribution in [-0.2, 0) is 4.74 Å². The minimum atomic E-state index is -0.318. The number of rotatable bonds is 3. The van der Waals surface area contributed by atoms with Crippen molar-refractivity contribution >= 4 is 28.3 Å². The molecule has 3 heterocycles. The van der Waals surface area contributed by atoms with Gasteiger partial charge in [0.15, 0.2) is 5.65 Å². The van der Waals surface area contributed by atoms with Gasteiger partial charge in [-0.25, -0.2) is 14.4 Å². The fourth-order valence-electron chi connectivity index (χ4n) is 3.08. The molecule has 1 aliphatic heterocycles. The first kappa shape index (κ1) is 17.4. The van der Waals surface area contributed by atoms with Crippen LogP contribution in [0, 0.1) is 12.7 Å². The average molecular weight is 366 g/mol. The average Bonchev–Trinajstić information content (AvgIpc) is 2.70. The Labute approximate surface area is 156 Å². The molecule has 0 aliphatic carbocycles. The summed E-state index contributed by atoms with van der Waals surface area (Å²) in [4.78, 5) is 23.7. The van der Waals surface area contributed by atoms with Crippen molar-refractivity contribution in [1.82, 2.24) is 14.9 Å². The molecule has 0 unspecified atom stereocenters. The summed E-state index contributed by atoms with van der Waals surface area (Å²) < 4.78 is 18.6. The second-order valence-corrected chi connectivity index (χ2v) is 6.41. The first-order valence-electron chi connectivity index (χ1n) is 8.78. The van der Waals surface area contributed by atoms with Gasteiger partial charge >= 0.3 is 0 Å². The molecule has 2 aromatic heterocycles. The highest BCUT2D eigenvalue weighted by molar-refractivity contribution is 6.07. The number of pyridine rings is 2. The molecule has 138 valence electrons. The molecule has 1 amide bonds. The zero-order valence-electron chi connectivity index (χ0n) is 14.9. The summed E-state index contributed by atoms with van der Waals surface area (Å²) in [5.74, 6) is -0.431. The number of hydrogen-bond acceptors (Lipinski definition) is 5. The Morgan fingerprint density at radius 2 is 1.89 bits per heavy atom. The van der Waals surface area contributed by atoms with E-state index in [0.29, 0.717) is 48.9 Å². The number of nitrogens with one attached hydrogen (secondary N) is 1. The maximum atomic E-state index is 13.3. The summed E-state index contributed by atoms with van der Waals surface area (Å²) >= 11 is 0. The molecule has 0 bridgehead atoms. The molecule has 1 fully saturated rings. The Bertz CT molecular complexity index is 985. The molecular formula is C20H19FN4O2. The number of carbonyl (C=O) groups excluding carboxylic acids is 1. The number of anilines is 2. The van der Waals surface area contributed by atoms with Crippen LogP contribution in [0.15, 0.2) is 42.6 Å². The van der Waals surface area contributed by atoms with Crippen molar-refractivity contribution < 1.29 is 13.9 Å². The molecule has 0 saturated carbocycles. The largest absolute Gasteiger partial charge is 0.378 e. The minimum Gasteiger partial charge on any atom is -0.378 e. The maximum absolute atomic E-state index is 13.3. The highest BCUT2D eigenvalue weighted by Gasteiger charge is 2.23. The summed E-state index contributed by atoms with van der Waals surface area (Å²) in [7, 11) is 0. The number of carbonyl (C=O) groups is 1. The third kappa shape index (κ3) is 3.59. The number of benzene rings is 1. The van der Waals surface area contributed by atoms with Crippen molar-refractivity contribution in [3.63, 3.8) is 0 Å². The maximum Gasteiger partial charge on any atom is 0.257 e. The van der Waals surface area contributed by atoms with Crippen LogP contribution in [0.5, 0.6) is 0 Å². The third-order valence-electron chi connectivity index (χ3n) is 4.51. The fourth-order valence-corrected chi connectivity index (χ4v) is 3.08. The molecule has 1 aromatic carbocycles. The normalized spacial score (nSPS) is 14.4. The van der Waals surface area contributed by atoms with Crippen molar-refractivity contribution in [3.05, 3.63) is 59.7 Å². The molecule has 6 nitrogen and oxygen atoms in total. The van der Waals surface area contributed by atoms with E-state index in [9.17, 15) is 9.18 Å². The van der Waals surface area contributed by atoms with Gasteiger partial charge in [-0.2, -0.15) is 0 Å². The lowest BCUT2D eigenvalue weighted by molar-refractivity contribution is 0.0303. The van der Waals surface area contributed by atoms with Gasteiger partial charge in [-0.15, -0.1) is 0 Å². The Kier molecular flexibility index (Phi) is 4.68. The third-order valence-corrected chi connectivity index (χ3v) is 4.51. The van der Waals surface area contributed by atoms with Crippen LogP contribution in [-0.4, -0.2) is 47.1 Å². The smallest absolute Gasteiger partial charge is 0.257 e. The van der Waals surface area contributed by atoms with Gasteiger partial charge in [0.25, 0.3) is 5.91 Å². The zero-order valence-corrected chi connectivity index (χ0v) is 14.9. The van der Waals surface area contributed by atoms with Crippen molar-refractivity contribution in [1.29, 1.82) is 0 Å². The molecule has 3 aromatic rings. The van der Waals surface area contributed by atoms with Gasteiger partial charge in [0, 0.05) is 36.1 Å². The monoisotopic (exact) mass is 366 g/mol. The van der Waals surface area contributed by atoms with E-state index in [0.717, 1.165) is 11.1 Å². The predicted molar refractivity (Wildman–Crippen MR) is 101 cm³/mol. The van der Waals surface area contributed by atoms with E-state index in [1.54, 1.807) is 23.2 Å². The summed E-state index contributed by atoms with van der Waals surface area (Å²) in [5.41, 5.74) is 3.16. The summed E-state index contributed by atoms with van der Waals surface area (Å²) in [6, 6.07) is 9.78. The van der Waals surface area contributed by atoms with Gasteiger partial charge in [0.2, 0.25) is 0 Å². The van der Waals surface area contributed by atoms with Crippen LogP contribution >= 0.6 is 0 Å². The van der Waals surface area contributed by atoms with Gasteiger partial charge in [-0.1, -0.05) is 0 Å². The number of halogens is 1. The first-order valence-corrected chi connectivity index (χ1v) is 8.78. The SMILES string of the molecule is Cc1ccc2c(Nc3ccc(F)cc3)c(C(=O)N3CCOCC3)cnc2n1.